The topological polar surface area (TPSA) is 24.1 Å². The van der Waals surface area contributed by atoms with Crippen LogP contribution < -0.4 is 10.6 Å². The maximum Gasteiger partial charge on any atom is 0.0372 e. The second-order valence-electron chi connectivity index (χ2n) is 6.92. The molecule has 0 saturated heterocycles. The van der Waals surface area contributed by atoms with Gasteiger partial charge < -0.3 is 10.6 Å². The largest absolute Gasteiger partial charge is 0.384 e. The Morgan fingerprint density at radius 1 is 1.15 bits per heavy atom. The zero-order chi connectivity index (χ0) is 14.5. The van der Waals surface area contributed by atoms with Crippen LogP contribution in [0.2, 0.25) is 0 Å². The summed E-state index contributed by atoms with van der Waals surface area (Å²) >= 11 is 0. The normalized spacial score (nSPS) is 18.4. The summed E-state index contributed by atoms with van der Waals surface area (Å²) in [5.74, 6) is 3.00. The Hall–Kier alpha value is -1.02. The summed E-state index contributed by atoms with van der Waals surface area (Å²) in [5.41, 5.74) is 2.79. The van der Waals surface area contributed by atoms with Crippen molar-refractivity contribution in [1.29, 1.82) is 0 Å². The summed E-state index contributed by atoms with van der Waals surface area (Å²) in [7, 11) is 0. The summed E-state index contributed by atoms with van der Waals surface area (Å²) in [5, 5.41) is 7.27. The number of rotatable bonds is 6. The van der Waals surface area contributed by atoms with Gasteiger partial charge in [0.2, 0.25) is 0 Å². The lowest BCUT2D eigenvalue weighted by Crippen LogP contribution is -2.36. The lowest BCUT2D eigenvalue weighted by molar-refractivity contribution is 0.270. The average molecular weight is 274 g/mol. The molecule has 0 bridgehead atoms. The molecule has 0 radical (unpaired) electrons. The van der Waals surface area contributed by atoms with E-state index in [0.717, 1.165) is 37.4 Å². The first-order valence-electron chi connectivity index (χ1n) is 8.10. The lowest BCUT2D eigenvalue weighted by Gasteiger charge is -2.29. The van der Waals surface area contributed by atoms with E-state index in [0.29, 0.717) is 5.92 Å². The maximum atomic E-state index is 3.71. The van der Waals surface area contributed by atoms with E-state index in [1.807, 2.05) is 0 Å². The maximum absolute atomic E-state index is 3.71. The highest BCUT2D eigenvalue weighted by atomic mass is 14.9. The van der Waals surface area contributed by atoms with Crippen LogP contribution in [-0.4, -0.2) is 19.6 Å². The molecule has 0 fully saturated rings. The van der Waals surface area contributed by atoms with E-state index < -0.39 is 0 Å². The Balaban J connectivity index is 1.79. The van der Waals surface area contributed by atoms with Gasteiger partial charge in [-0.15, -0.1) is 0 Å². The summed E-state index contributed by atoms with van der Waals surface area (Å²) in [6, 6.07) is 8.69. The molecule has 1 aliphatic heterocycles. The molecule has 0 aromatic heterocycles. The molecule has 2 heteroatoms. The third-order valence-corrected chi connectivity index (χ3v) is 4.63. The third-order valence-electron chi connectivity index (χ3n) is 4.63. The van der Waals surface area contributed by atoms with Crippen LogP contribution in [0.3, 0.4) is 0 Å². The van der Waals surface area contributed by atoms with Crippen LogP contribution in [-0.2, 0) is 6.42 Å². The Morgan fingerprint density at radius 2 is 1.85 bits per heavy atom. The molecular formula is C18H30N2. The van der Waals surface area contributed by atoms with Gasteiger partial charge in [0.15, 0.2) is 0 Å². The number of anilines is 1. The fraction of sp³-hybridized carbons (Fsp3) is 0.667. The van der Waals surface area contributed by atoms with E-state index in [4.69, 9.17) is 0 Å². The average Bonchev–Trinajstić information content (AvgIpc) is 2.42. The van der Waals surface area contributed by atoms with Gasteiger partial charge in [-0.2, -0.15) is 0 Å². The van der Waals surface area contributed by atoms with E-state index in [-0.39, 0.29) is 0 Å². The van der Waals surface area contributed by atoms with Crippen LogP contribution in [0.1, 0.15) is 33.3 Å². The minimum atomic E-state index is 0.713. The third kappa shape index (κ3) is 3.99. The van der Waals surface area contributed by atoms with E-state index >= 15 is 0 Å². The number of para-hydroxylation sites is 1. The highest BCUT2D eigenvalue weighted by molar-refractivity contribution is 5.53. The smallest absolute Gasteiger partial charge is 0.0372 e. The molecule has 0 spiro atoms. The van der Waals surface area contributed by atoms with Crippen LogP contribution in [0.4, 0.5) is 5.69 Å². The van der Waals surface area contributed by atoms with Crippen molar-refractivity contribution in [3.63, 3.8) is 0 Å². The molecule has 1 unspecified atom stereocenters. The first-order valence-corrected chi connectivity index (χ1v) is 8.10. The van der Waals surface area contributed by atoms with Crippen molar-refractivity contribution in [2.24, 2.45) is 23.7 Å². The zero-order valence-electron chi connectivity index (χ0n) is 13.4. The molecule has 2 nitrogen and oxygen atoms in total. The second-order valence-corrected chi connectivity index (χ2v) is 6.92. The molecule has 1 aliphatic rings. The van der Waals surface area contributed by atoms with Crippen LogP contribution in [0.15, 0.2) is 24.3 Å². The van der Waals surface area contributed by atoms with Crippen LogP contribution in [0.25, 0.3) is 0 Å². The minimum absolute atomic E-state index is 0.713. The van der Waals surface area contributed by atoms with Gasteiger partial charge in [0, 0.05) is 12.2 Å². The number of benzene rings is 1. The van der Waals surface area contributed by atoms with Crippen LogP contribution in [0, 0.1) is 23.7 Å². The fourth-order valence-electron chi connectivity index (χ4n) is 3.35. The predicted octanol–water partition coefficient (Wildman–Crippen LogP) is 3.79. The van der Waals surface area contributed by atoms with Gasteiger partial charge in [-0.1, -0.05) is 45.9 Å². The Labute approximate surface area is 124 Å². The van der Waals surface area contributed by atoms with Gasteiger partial charge in [-0.05, 0) is 54.8 Å². The molecule has 1 heterocycles. The number of fused-ring (bicyclic) bond motifs is 1. The van der Waals surface area contributed by atoms with Gasteiger partial charge in [-0.25, -0.2) is 0 Å². The first kappa shape index (κ1) is 15.4. The van der Waals surface area contributed by atoms with Gasteiger partial charge in [0.25, 0.3) is 0 Å². The summed E-state index contributed by atoms with van der Waals surface area (Å²) in [6.07, 6.45) is 1.20. The molecule has 112 valence electrons. The summed E-state index contributed by atoms with van der Waals surface area (Å²) < 4.78 is 0. The number of hydrogen-bond donors (Lipinski definition) is 2. The van der Waals surface area contributed by atoms with Gasteiger partial charge in [-0.3, -0.25) is 0 Å². The highest BCUT2D eigenvalue weighted by Crippen LogP contribution is 2.24. The van der Waals surface area contributed by atoms with Crippen molar-refractivity contribution in [3.05, 3.63) is 29.8 Å². The quantitative estimate of drug-likeness (QED) is 0.825. The molecule has 1 aromatic rings. The molecule has 0 saturated carbocycles. The number of hydrogen-bond acceptors (Lipinski definition) is 2. The monoisotopic (exact) mass is 274 g/mol. The van der Waals surface area contributed by atoms with Crippen molar-refractivity contribution in [1.82, 2.24) is 5.32 Å². The highest BCUT2D eigenvalue weighted by Gasteiger charge is 2.20. The fourth-order valence-corrected chi connectivity index (χ4v) is 3.35. The molecule has 20 heavy (non-hydrogen) atoms. The zero-order valence-corrected chi connectivity index (χ0v) is 13.4. The van der Waals surface area contributed by atoms with Crippen LogP contribution >= 0.6 is 0 Å². The van der Waals surface area contributed by atoms with Crippen molar-refractivity contribution >= 4 is 5.69 Å². The summed E-state index contributed by atoms with van der Waals surface area (Å²) in [6.45, 7) is 12.7. The SMILES string of the molecule is CC(C)C(CNCC1CNc2ccccc2C1)C(C)C. The van der Waals surface area contributed by atoms with Gasteiger partial charge >= 0.3 is 0 Å². The van der Waals surface area contributed by atoms with Crippen molar-refractivity contribution in [2.75, 3.05) is 25.0 Å². The second kappa shape index (κ2) is 7.12. The minimum Gasteiger partial charge on any atom is -0.384 e. The Kier molecular flexibility index (Phi) is 5.47. The van der Waals surface area contributed by atoms with E-state index in [1.54, 1.807) is 0 Å². The standard InChI is InChI=1S/C18H30N2/c1-13(2)17(14(3)4)12-19-10-15-9-16-7-5-6-8-18(16)20-11-15/h5-8,13-15,17,19-20H,9-12H2,1-4H3. The molecule has 0 amide bonds. The molecular weight excluding hydrogens is 244 g/mol. The predicted molar refractivity (Wildman–Crippen MR) is 88.2 cm³/mol. The number of nitrogens with one attached hydrogen (secondary N) is 2. The van der Waals surface area contributed by atoms with Crippen molar-refractivity contribution in [2.45, 2.75) is 34.1 Å². The molecule has 2 rings (SSSR count). The van der Waals surface area contributed by atoms with Crippen molar-refractivity contribution < 1.29 is 0 Å². The van der Waals surface area contributed by atoms with E-state index in [2.05, 4.69) is 62.6 Å². The summed E-state index contributed by atoms with van der Waals surface area (Å²) in [4.78, 5) is 0. The first-order chi connectivity index (χ1) is 9.58. The Bertz CT molecular complexity index is 404. The Morgan fingerprint density at radius 3 is 2.55 bits per heavy atom. The molecule has 1 aromatic carbocycles. The molecule has 0 aliphatic carbocycles. The van der Waals surface area contributed by atoms with Gasteiger partial charge in [0.05, 0.1) is 0 Å². The van der Waals surface area contributed by atoms with E-state index in [9.17, 15) is 0 Å². The van der Waals surface area contributed by atoms with E-state index in [1.165, 1.54) is 17.7 Å². The lowest BCUT2D eigenvalue weighted by atomic mass is 9.85. The molecule has 1 atom stereocenters. The van der Waals surface area contributed by atoms with Gasteiger partial charge in [0.1, 0.15) is 0 Å². The molecule has 2 N–H and O–H groups in total. The van der Waals surface area contributed by atoms with Crippen LogP contribution in [0.5, 0.6) is 0 Å². The van der Waals surface area contributed by atoms with Crippen molar-refractivity contribution in [3.8, 4) is 0 Å².